The molecule has 0 N–H and O–H groups in total. The predicted molar refractivity (Wildman–Crippen MR) is 95.4 cm³/mol. The lowest BCUT2D eigenvalue weighted by atomic mass is 9.87. The van der Waals surface area contributed by atoms with Crippen molar-refractivity contribution in [3.05, 3.63) is 53.2 Å². The molecule has 2 aromatic rings. The number of carbonyl (C=O) groups is 2. The lowest BCUT2D eigenvalue weighted by Crippen LogP contribution is -2.59. The van der Waals surface area contributed by atoms with Crippen LogP contribution in [-0.4, -0.2) is 63.1 Å². The van der Waals surface area contributed by atoms with E-state index in [1.165, 1.54) is 15.5 Å². The first-order valence-corrected chi connectivity index (χ1v) is 8.59. The average molecular weight is 357 g/mol. The van der Waals surface area contributed by atoms with Crippen molar-refractivity contribution in [2.45, 2.75) is 24.9 Å². The molecule has 0 spiro atoms. The highest BCUT2D eigenvalue weighted by Gasteiger charge is 2.46. The Morgan fingerprint density at radius 3 is 2.69 bits per heavy atom. The Kier molecular flexibility index (Phi) is 4.92. The maximum atomic E-state index is 13.0. The molecule has 0 aromatic carbocycles. The molecule has 1 aliphatic heterocycles. The highest BCUT2D eigenvalue weighted by atomic mass is 16.2. The molecule has 1 saturated heterocycles. The predicted octanol–water partition coefficient (Wildman–Crippen LogP) is 0.151. The number of piperidine rings is 1. The van der Waals surface area contributed by atoms with Gasteiger partial charge in [0, 0.05) is 45.3 Å². The number of carbonyl (C=O) groups excluding carboxylic acids is 2. The third-order valence-electron chi connectivity index (χ3n) is 4.78. The molecule has 1 fully saturated rings. The fourth-order valence-corrected chi connectivity index (χ4v) is 3.48. The lowest BCUT2D eigenvalue weighted by molar-refractivity contribution is -0.146. The van der Waals surface area contributed by atoms with Gasteiger partial charge in [0.2, 0.25) is 5.91 Å². The zero-order chi connectivity index (χ0) is 18.7. The largest absolute Gasteiger partial charge is 0.347 e. The molecule has 3 heterocycles. The number of nitrogens with zero attached hydrogens (tertiary/aromatic N) is 5. The van der Waals surface area contributed by atoms with E-state index in [0.29, 0.717) is 19.4 Å². The monoisotopic (exact) mass is 357 g/mol. The molecule has 1 unspecified atom stereocenters. The summed E-state index contributed by atoms with van der Waals surface area (Å²) in [5, 5.41) is 4.28. The number of pyridine rings is 1. The van der Waals surface area contributed by atoms with Gasteiger partial charge >= 0.3 is 0 Å². The molecule has 1 aliphatic rings. The molecule has 0 bridgehead atoms. The van der Waals surface area contributed by atoms with Gasteiger partial charge in [-0.2, -0.15) is 5.10 Å². The van der Waals surface area contributed by atoms with E-state index < -0.39 is 5.54 Å². The van der Waals surface area contributed by atoms with Crippen LogP contribution in [0.25, 0.3) is 0 Å². The van der Waals surface area contributed by atoms with Gasteiger partial charge in [0.1, 0.15) is 6.54 Å². The first-order valence-electron chi connectivity index (χ1n) is 8.59. The summed E-state index contributed by atoms with van der Waals surface area (Å²) in [5.74, 6) is -0.267. The van der Waals surface area contributed by atoms with E-state index in [0.717, 1.165) is 0 Å². The van der Waals surface area contributed by atoms with Gasteiger partial charge < -0.3 is 14.4 Å². The van der Waals surface area contributed by atoms with Crippen LogP contribution in [0.2, 0.25) is 0 Å². The Balaban J connectivity index is 1.86. The minimum Gasteiger partial charge on any atom is -0.347 e. The van der Waals surface area contributed by atoms with E-state index in [-0.39, 0.29) is 30.5 Å². The topological polar surface area (TPSA) is 80.4 Å². The fourth-order valence-electron chi connectivity index (χ4n) is 3.48. The van der Waals surface area contributed by atoms with Crippen LogP contribution in [0.1, 0.15) is 12.8 Å². The Morgan fingerprint density at radius 1 is 1.23 bits per heavy atom. The summed E-state index contributed by atoms with van der Waals surface area (Å²) >= 11 is 0. The van der Waals surface area contributed by atoms with E-state index in [9.17, 15) is 14.4 Å². The van der Waals surface area contributed by atoms with E-state index in [1.807, 2.05) is 0 Å². The second-order valence-corrected chi connectivity index (χ2v) is 6.77. The number of likely N-dealkylation sites (tertiary alicyclic amines) is 1. The van der Waals surface area contributed by atoms with Gasteiger partial charge in [-0.05, 0) is 25.0 Å². The molecule has 8 nitrogen and oxygen atoms in total. The smallest absolute Gasteiger partial charge is 0.251 e. The standard InChI is InChI=1S/C18H23N5O3/c1-20(2)17(26)18(23-12-6-9-19-23)8-5-11-22(14-18)16(25)13-21-10-4-3-7-15(21)24/h3-4,6-7,9-10,12H,5,8,11,13-14H2,1-2H3. The molecular weight excluding hydrogens is 334 g/mol. The number of hydrogen-bond donors (Lipinski definition) is 0. The molecule has 3 rings (SSSR count). The molecule has 26 heavy (non-hydrogen) atoms. The van der Waals surface area contributed by atoms with Gasteiger partial charge in [-0.3, -0.25) is 19.1 Å². The van der Waals surface area contributed by atoms with Crippen LogP contribution in [0.3, 0.4) is 0 Å². The van der Waals surface area contributed by atoms with E-state index in [4.69, 9.17) is 0 Å². The summed E-state index contributed by atoms with van der Waals surface area (Å²) in [5.41, 5.74) is -1.14. The van der Waals surface area contributed by atoms with E-state index >= 15 is 0 Å². The van der Waals surface area contributed by atoms with E-state index in [2.05, 4.69) is 5.10 Å². The fraction of sp³-hybridized carbons (Fsp3) is 0.444. The quantitative estimate of drug-likeness (QED) is 0.780. The molecule has 1 atom stereocenters. The van der Waals surface area contributed by atoms with Crippen molar-refractivity contribution in [3.8, 4) is 0 Å². The summed E-state index contributed by atoms with van der Waals surface area (Å²) < 4.78 is 3.03. The van der Waals surface area contributed by atoms with Crippen molar-refractivity contribution in [1.82, 2.24) is 24.1 Å². The van der Waals surface area contributed by atoms with Gasteiger partial charge in [-0.15, -0.1) is 0 Å². The van der Waals surface area contributed by atoms with Crippen LogP contribution in [0, 0.1) is 0 Å². The summed E-state index contributed by atoms with van der Waals surface area (Å²) in [6.45, 7) is 0.765. The summed E-state index contributed by atoms with van der Waals surface area (Å²) in [6, 6.07) is 6.55. The Bertz CT molecular complexity index is 843. The molecular formula is C18H23N5O3. The SMILES string of the molecule is CN(C)C(=O)C1(n2cccn2)CCCN(C(=O)Cn2ccccc2=O)C1. The van der Waals surface area contributed by atoms with Crippen molar-refractivity contribution >= 4 is 11.8 Å². The number of aromatic nitrogens is 3. The number of hydrogen-bond acceptors (Lipinski definition) is 4. The number of likely N-dealkylation sites (N-methyl/N-ethyl adjacent to an activating group) is 1. The minimum absolute atomic E-state index is 0.0367. The van der Waals surface area contributed by atoms with Crippen molar-refractivity contribution < 1.29 is 9.59 Å². The maximum Gasteiger partial charge on any atom is 0.251 e. The minimum atomic E-state index is -0.914. The van der Waals surface area contributed by atoms with Crippen LogP contribution >= 0.6 is 0 Å². The first-order chi connectivity index (χ1) is 12.4. The van der Waals surface area contributed by atoms with E-state index in [1.54, 1.807) is 60.5 Å². The van der Waals surface area contributed by atoms with Crippen LogP contribution in [0.4, 0.5) is 0 Å². The van der Waals surface area contributed by atoms with Gasteiger partial charge in [0.25, 0.3) is 11.5 Å². The average Bonchev–Trinajstić information content (AvgIpc) is 3.18. The van der Waals surface area contributed by atoms with Crippen molar-refractivity contribution in [2.75, 3.05) is 27.2 Å². The van der Waals surface area contributed by atoms with Crippen LogP contribution in [0.15, 0.2) is 47.7 Å². The maximum absolute atomic E-state index is 13.0. The molecule has 0 saturated carbocycles. The molecule has 0 aliphatic carbocycles. The molecule has 2 amide bonds. The lowest BCUT2D eigenvalue weighted by Gasteiger charge is -2.42. The number of rotatable bonds is 4. The van der Waals surface area contributed by atoms with Crippen molar-refractivity contribution in [3.63, 3.8) is 0 Å². The molecule has 0 radical (unpaired) electrons. The zero-order valence-corrected chi connectivity index (χ0v) is 15.0. The number of amides is 2. The molecule has 8 heteroatoms. The molecule has 2 aromatic heterocycles. The van der Waals surface area contributed by atoms with Crippen molar-refractivity contribution in [1.29, 1.82) is 0 Å². The molecule has 138 valence electrons. The van der Waals surface area contributed by atoms with Gasteiger partial charge in [-0.1, -0.05) is 6.07 Å². The third-order valence-corrected chi connectivity index (χ3v) is 4.78. The van der Waals surface area contributed by atoms with Gasteiger partial charge in [0.15, 0.2) is 5.54 Å². The van der Waals surface area contributed by atoms with Crippen LogP contribution in [-0.2, 0) is 21.7 Å². The van der Waals surface area contributed by atoms with Gasteiger partial charge in [0.05, 0.1) is 6.54 Å². The summed E-state index contributed by atoms with van der Waals surface area (Å²) in [4.78, 5) is 40.8. The zero-order valence-electron chi connectivity index (χ0n) is 15.0. The normalized spacial score (nSPS) is 20.0. The highest BCUT2D eigenvalue weighted by molar-refractivity contribution is 5.86. The van der Waals surface area contributed by atoms with Gasteiger partial charge in [-0.25, -0.2) is 0 Å². The first kappa shape index (κ1) is 17.9. The van der Waals surface area contributed by atoms with Crippen LogP contribution < -0.4 is 5.56 Å². The Morgan fingerprint density at radius 2 is 2.04 bits per heavy atom. The second-order valence-electron chi connectivity index (χ2n) is 6.77. The third kappa shape index (κ3) is 3.26. The Labute approximate surface area is 151 Å². The summed E-state index contributed by atoms with van der Waals surface area (Å²) in [7, 11) is 3.41. The Hall–Kier alpha value is -2.90. The summed E-state index contributed by atoms with van der Waals surface area (Å²) in [6.07, 6.45) is 6.29. The van der Waals surface area contributed by atoms with Crippen LogP contribution in [0.5, 0.6) is 0 Å². The second kappa shape index (κ2) is 7.15. The highest BCUT2D eigenvalue weighted by Crippen LogP contribution is 2.30. The van der Waals surface area contributed by atoms with Crippen molar-refractivity contribution in [2.24, 2.45) is 0 Å².